The van der Waals surface area contributed by atoms with Crippen molar-refractivity contribution in [2.75, 3.05) is 13.1 Å². The van der Waals surface area contributed by atoms with Crippen molar-refractivity contribution in [3.8, 4) is 22.6 Å². The van der Waals surface area contributed by atoms with E-state index in [-0.39, 0.29) is 11.5 Å². The fourth-order valence-electron chi connectivity index (χ4n) is 4.48. The lowest BCUT2D eigenvalue weighted by Gasteiger charge is -2.42. The van der Waals surface area contributed by atoms with Crippen molar-refractivity contribution in [2.45, 2.75) is 31.5 Å². The van der Waals surface area contributed by atoms with E-state index in [0.717, 1.165) is 24.2 Å². The van der Waals surface area contributed by atoms with E-state index in [0.29, 0.717) is 23.9 Å². The first-order valence-corrected chi connectivity index (χ1v) is 11.7. The third-order valence-electron chi connectivity index (χ3n) is 6.39. The molecule has 0 radical (unpaired) electrons. The highest BCUT2D eigenvalue weighted by atomic mass is 35.5. The first kappa shape index (κ1) is 21.6. The SMILES string of the molecule is CC(Oc1ccc(Cl)cc1)C(=O)N1CCC2(C=Cc3cc(-c4ccccc4)ccc3O2)CC1. The molecule has 2 aliphatic heterocycles. The van der Waals surface area contributed by atoms with Crippen LogP contribution in [0.5, 0.6) is 11.5 Å². The molecule has 1 fully saturated rings. The average molecular weight is 460 g/mol. The molecule has 1 spiro atoms. The van der Waals surface area contributed by atoms with Crippen LogP contribution in [0.4, 0.5) is 0 Å². The summed E-state index contributed by atoms with van der Waals surface area (Å²) >= 11 is 5.92. The second-order valence-corrected chi connectivity index (χ2v) is 9.09. The van der Waals surface area contributed by atoms with Gasteiger partial charge in [-0.25, -0.2) is 0 Å². The molecule has 168 valence electrons. The molecular weight excluding hydrogens is 434 g/mol. The minimum absolute atomic E-state index is 0.00695. The molecule has 3 aromatic rings. The number of carbonyl (C=O) groups is 1. The van der Waals surface area contributed by atoms with Crippen molar-refractivity contribution in [3.63, 3.8) is 0 Å². The van der Waals surface area contributed by atoms with Gasteiger partial charge in [-0.1, -0.05) is 54.1 Å². The number of likely N-dealkylation sites (tertiary alicyclic amines) is 1. The molecule has 0 N–H and O–H groups in total. The number of benzene rings is 3. The highest BCUT2D eigenvalue weighted by Crippen LogP contribution is 2.39. The summed E-state index contributed by atoms with van der Waals surface area (Å²) in [6.45, 7) is 3.06. The molecule has 5 rings (SSSR count). The molecule has 1 atom stereocenters. The topological polar surface area (TPSA) is 38.8 Å². The van der Waals surface area contributed by atoms with Crippen LogP contribution in [-0.2, 0) is 4.79 Å². The van der Waals surface area contributed by atoms with Gasteiger partial charge in [0.15, 0.2) is 6.10 Å². The van der Waals surface area contributed by atoms with Gasteiger partial charge in [-0.3, -0.25) is 4.79 Å². The zero-order valence-electron chi connectivity index (χ0n) is 18.5. The molecule has 1 unspecified atom stereocenters. The van der Waals surface area contributed by atoms with Crippen LogP contribution in [0.3, 0.4) is 0 Å². The van der Waals surface area contributed by atoms with Crippen molar-refractivity contribution in [2.24, 2.45) is 0 Å². The van der Waals surface area contributed by atoms with Crippen molar-refractivity contribution in [1.82, 2.24) is 4.90 Å². The van der Waals surface area contributed by atoms with Gasteiger partial charge in [-0.15, -0.1) is 0 Å². The summed E-state index contributed by atoms with van der Waals surface area (Å²) in [4.78, 5) is 14.8. The molecule has 2 aliphatic rings. The van der Waals surface area contributed by atoms with Gasteiger partial charge in [-0.2, -0.15) is 0 Å². The Kier molecular flexibility index (Phi) is 5.86. The number of halogens is 1. The zero-order valence-corrected chi connectivity index (χ0v) is 19.3. The predicted octanol–water partition coefficient (Wildman–Crippen LogP) is 6.24. The molecule has 5 heteroatoms. The number of piperidine rings is 1. The van der Waals surface area contributed by atoms with Crippen LogP contribution in [0.2, 0.25) is 5.02 Å². The third-order valence-corrected chi connectivity index (χ3v) is 6.64. The minimum Gasteiger partial charge on any atom is -0.482 e. The maximum absolute atomic E-state index is 12.9. The Labute approximate surface area is 199 Å². The van der Waals surface area contributed by atoms with Gasteiger partial charge in [0, 0.05) is 36.5 Å². The maximum atomic E-state index is 12.9. The molecule has 2 heterocycles. The van der Waals surface area contributed by atoms with Gasteiger partial charge in [0.1, 0.15) is 17.1 Å². The first-order chi connectivity index (χ1) is 16.0. The van der Waals surface area contributed by atoms with E-state index in [1.807, 2.05) is 23.1 Å². The first-order valence-electron chi connectivity index (χ1n) is 11.3. The summed E-state index contributed by atoms with van der Waals surface area (Å²) in [5, 5.41) is 0.640. The number of nitrogens with zero attached hydrogens (tertiary/aromatic N) is 1. The lowest BCUT2D eigenvalue weighted by atomic mass is 9.87. The predicted molar refractivity (Wildman–Crippen MR) is 132 cm³/mol. The highest BCUT2D eigenvalue weighted by Gasteiger charge is 2.39. The van der Waals surface area contributed by atoms with Crippen LogP contribution in [0.15, 0.2) is 78.9 Å². The Morgan fingerprint density at radius 1 is 1.00 bits per heavy atom. The number of rotatable bonds is 4. The van der Waals surface area contributed by atoms with E-state index in [9.17, 15) is 4.79 Å². The van der Waals surface area contributed by atoms with Crippen LogP contribution in [-0.4, -0.2) is 35.6 Å². The fourth-order valence-corrected chi connectivity index (χ4v) is 4.60. The zero-order chi connectivity index (χ0) is 22.8. The minimum atomic E-state index is -0.555. The Morgan fingerprint density at radius 3 is 2.45 bits per heavy atom. The van der Waals surface area contributed by atoms with Crippen molar-refractivity contribution in [1.29, 1.82) is 0 Å². The normalized spacial score (nSPS) is 17.2. The van der Waals surface area contributed by atoms with Gasteiger partial charge >= 0.3 is 0 Å². The highest BCUT2D eigenvalue weighted by molar-refractivity contribution is 6.30. The molecule has 3 aromatic carbocycles. The molecule has 1 amide bonds. The van der Waals surface area contributed by atoms with Crippen LogP contribution < -0.4 is 9.47 Å². The molecule has 1 saturated heterocycles. The van der Waals surface area contributed by atoms with Crippen LogP contribution in [0.25, 0.3) is 17.2 Å². The molecule has 0 aromatic heterocycles. The lowest BCUT2D eigenvalue weighted by Crippen LogP contribution is -2.51. The van der Waals surface area contributed by atoms with E-state index in [1.54, 1.807) is 31.2 Å². The fraction of sp³-hybridized carbons (Fsp3) is 0.250. The summed E-state index contributed by atoms with van der Waals surface area (Å²) in [5.41, 5.74) is 3.09. The van der Waals surface area contributed by atoms with Crippen molar-refractivity contribution < 1.29 is 14.3 Å². The molecule has 4 nitrogen and oxygen atoms in total. The second kappa shape index (κ2) is 8.95. The summed E-state index contributed by atoms with van der Waals surface area (Å²) < 4.78 is 12.3. The quantitative estimate of drug-likeness (QED) is 0.463. The van der Waals surface area contributed by atoms with Crippen LogP contribution in [0, 0.1) is 0 Å². The standard InChI is InChI=1S/C28H26ClNO3/c1-20(32-25-10-8-24(29)9-11-25)27(31)30-17-15-28(16-18-30)14-13-23-19-22(7-12-26(23)33-28)21-5-3-2-4-6-21/h2-14,19-20H,15-18H2,1H3. The molecule has 0 bridgehead atoms. The smallest absolute Gasteiger partial charge is 0.263 e. The number of hydrogen-bond acceptors (Lipinski definition) is 3. The van der Waals surface area contributed by atoms with Crippen LogP contribution in [0.1, 0.15) is 25.3 Å². The summed E-state index contributed by atoms with van der Waals surface area (Å²) in [5.74, 6) is 1.53. The molecule has 0 saturated carbocycles. The van der Waals surface area contributed by atoms with Crippen LogP contribution >= 0.6 is 11.6 Å². The molecule has 0 aliphatic carbocycles. The van der Waals surface area contributed by atoms with Gasteiger partial charge in [0.05, 0.1) is 0 Å². The van der Waals surface area contributed by atoms with E-state index in [4.69, 9.17) is 21.1 Å². The summed E-state index contributed by atoms with van der Waals surface area (Å²) in [6.07, 6.45) is 5.28. The van der Waals surface area contributed by atoms with Crippen molar-refractivity contribution in [3.05, 3.63) is 89.5 Å². The van der Waals surface area contributed by atoms with Gasteiger partial charge < -0.3 is 14.4 Å². The Morgan fingerprint density at radius 2 is 1.73 bits per heavy atom. The summed E-state index contributed by atoms with van der Waals surface area (Å²) in [6, 6.07) is 23.7. The lowest BCUT2D eigenvalue weighted by molar-refractivity contribution is -0.140. The van der Waals surface area contributed by atoms with Gasteiger partial charge in [-0.05, 0) is 60.5 Å². The number of fused-ring (bicyclic) bond motifs is 1. The Bertz CT molecular complexity index is 1170. The number of hydrogen-bond donors (Lipinski definition) is 0. The molecule has 33 heavy (non-hydrogen) atoms. The summed E-state index contributed by atoms with van der Waals surface area (Å²) in [7, 11) is 0. The van der Waals surface area contributed by atoms with Gasteiger partial charge in [0.2, 0.25) is 0 Å². The molecular formula is C28H26ClNO3. The largest absolute Gasteiger partial charge is 0.482 e. The average Bonchev–Trinajstić information content (AvgIpc) is 2.86. The third kappa shape index (κ3) is 4.62. The Hall–Kier alpha value is -3.24. The number of ether oxygens (including phenoxy) is 2. The van der Waals surface area contributed by atoms with Gasteiger partial charge in [0.25, 0.3) is 5.91 Å². The number of amides is 1. The second-order valence-electron chi connectivity index (χ2n) is 8.66. The van der Waals surface area contributed by atoms with E-state index in [1.165, 1.54) is 11.1 Å². The number of carbonyl (C=O) groups excluding carboxylic acids is 1. The Balaban J connectivity index is 1.22. The van der Waals surface area contributed by atoms with E-state index in [2.05, 4.69) is 42.5 Å². The monoisotopic (exact) mass is 459 g/mol. The maximum Gasteiger partial charge on any atom is 0.263 e. The van der Waals surface area contributed by atoms with E-state index < -0.39 is 6.10 Å². The van der Waals surface area contributed by atoms with E-state index >= 15 is 0 Å². The van der Waals surface area contributed by atoms with Crippen molar-refractivity contribution >= 4 is 23.6 Å².